The Labute approximate surface area is 137 Å². The summed E-state index contributed by atoms with van der Waals surface area (Å²) in [4.78, 5) is 14.3. The van der Waals surface area contributed by atoms with Crippen LogP contribution in [0.3, 0.4) is 0 Å². The number of nitrogens with zero attached hydrogens (tertiary/aromatic N) is 1. The van der Waals surface area contributed by atoms with Gasteiger partial charge in [-0.05, 0) is 37.4 Å². The zero-order valence-corrected chi connectivity index (χ0v) is 14.1. The summed E-state index contributed by atoms with van der Waals surface area (Å²) in [6, 6.07) is 5.47. The van der Waals surface area contributed by atoms with Crippen molar-refractivity contribution in [1.29, 1.82) is 0 Å². The van der Waals surface area contributed by atoms with Gasteiger partial charge in [-0.1, -0.05) is 0 Å². The lowest BCUT2D eigenvalue weighted by Gasteiger charge is -2.24. The summed E-state index contributed by atoms with van der Waals surface area (Å²) in [6.07, 6.45) is 2.54. The van der Waals surface area contributed by atoms with Crippen molar-refractivity contribution in [3.63, 3.8) is 0 Å². The minimum Gasteiger partial charge on any atom is -0.493 e. The minimum atomic E-state index is 0.0231. The fraction of sp³-hybridized carbons (Fsp3) is 0.588. The lowest BCUT2D eigenvalue weighted by Crippen LogP contribution is -2.40. The molecule has 1 aromatic carbocycles. The van der Waals surface area contributed by atoms with Gasteiger partial charge in [-0.15, -0.1) is 0 Å². The van der Waals surface area contributed by atoms with Crippen molar-refractivity contribution in [1.82, 2.24) is 5.32 Å². The molecule has 0 atom stereocenters. The molecule has 2 rings (SSSR count). The molecule has 6 nitrogen and oxygen atoms in total. The maximum atomic E-state index is 12.5. The second kappa shape index (κ2) is 8.74. The summed E-state index contributed by atoms with van der Waals surface area (Å²) in [7, 11) is 4.80. The second-order valence-corrected chi connectivity index (χ2v) is 5.65. The van der Waals surface area contributed by atoms with Gasteiger partial charge in [0.05, 0.1) is 27.4 Å². The molecule has 0 unspecified atom stereocenters. The van der Waals surface area contributed by atoms with E-state index in [1.54, 1.807) is 32.3 Å². The molecule has 0 heterocycles. The molecule has 128 valence electrons. The predicted molar refractivity (Wildman–Crippen MR) is 89.4 cm³/mol. The third-order valence-corrected chi connectivity index (χ3v) is 3.91. The summed E-state index contributed by atoms with van der Waals surface area (Å²) < 4.78 is 15.7. The minimum absolute atomic E-state index is 0.0231. The van der Waals surface area contributed by atoms with Crippen molar-refractivity contribution in [2.24, 2.45) is 5.92 Å². The number of amides is 1. The van der Waals surface area contributed by atoms with E-state index in [0.29, 0.717) is 31.2 Å². The molecule has 23 heavy (non-hydrogen) atoms. The van der Waals surface area contributed by atoms with E-state index in [1.165, 1.54) is 12.8 Å². The average molecular weight is 322 g/mol. The largest absolute Gasteiger partial charge is 0.493 e. The van der Waals surface area contributed by atoms with E-state index in [-0.39, 0.29) is 5.91 Å². The molecule has 0 saturated heterocycles. The maximum Gasteiger partial charge on any atom is 0.241 e. The van der Waals surface area contributed by atoms with Gasteiger partial charge in [-0.2, -0.15) is 0 Å². The first kappa shape index (κ1) is 17.6. The van der Waals surface area contributed by atoms with Crippen LogP contribution in [0.4, 0.5) is 5.69 Å². The van der Waals surface area contributed by atoms with Gasteiger partial charge in [0, 0.05) is 25.4 Å². The third-order valence-electron chi connectivity index (χ3n) is 3.91. The van der Waals surface area contributed by atoms with Crippen LogP contribution in [0.25, 0.3) is 0 Å². The number of hydrogen-bond acceptors (Lipinski definition) is 5. The summed E-state index contributed by atoms with van der Waals surface area (Å²) >= 11 is 0. The molecule has 1 saturated carbocycles. The van der Waals surface area contributed by atoms with E-state index in [4.69, 9.17) is 14.2 Å². The average Bonchev–Trinajstić information content (AvgIpc) is 3.39. The standard InChI is InChI=1S/C17H26N2O4/c1-21-9-8-19(17(20)12-18-11-13-4-5-13)14-6-7-15(22-2)16(10-14)23-3/h6-7,10,13,18H,4-5,8-9,11-12H2,1-3H3. The van der Waals surface area contributed by atoms with Crippen LogP contribution in [0.15, 0.2) is 18.2 Å². The molecule has 0 spiro atoms. The number of hydrogen-bond donors (Lipinski definition) is 1. The van der Waals surface area contributed by atoms with Gasteiger partial charge in [-0.25, -0.2) is 0 Å². The Kier molecular flexibility index (Phi) is 6.67. The summed E-state index contributed by atoms with van der Waals surface area (Å²) in [5, 5.41) is 3.24. The monoisotopic (exact) mass is 322 g/mol. The molecule has 1 aliphatic rings. The van der Waals surface area contributed by atoms with Crippen LogP contribution in [0.1, 0.15) is 12.8 Å². The zero-order valence-electron chi connectivity index (χ0n) is 14.1. The highest BCUT2D eigenvalue weighted by atomic mass is 16.5. The molecule has 1 aliphatic carbocycles. The number of rotatable bonds is 10. The predicted octanol–water partition coefficient (Wildman–Crippen LogP) is 1.68. The van der Waals surface area contributed by atoms with Crippen LogP contribution in [0, 0.1) is 5.92 Å². The molecule has 1 N–H and O–H groups in total. The van der Waals surface area contributed by atoms with Crippen LogP contribution < -0.4 is 19.7 Å². The topological polar surface area (TPSA) is 60.0 Å². The summed E-state index contributed by atoms with van der Waals surface area (Å²) in [5.41, 5.74) is 0.776. The van der Waals surface area contributed by atoms with E-state index in [9.17, 15) is 4.79 Å². The van der Waals surface area contributed by atoms with Gasteiger partial charge in [0.1, 0.15) is 0 Å². The number of carbonyl (C=O) groups is 1. The van der Waals surface area contributed by atoms with E-state index in [2.05, 4.69) is 5.32 Å². The number of carbonyl (C=O) groups excluding carboxylic acids is 1. The Morgan fingerprint density at radius 1 is 1.22 bits per heavy atom. The van der Waals surface area contributed by atoms with Gasteiger partial charge in [0.15, 0.2) is 11.5 Å². The lowest BCUT2D eigenvalue weighted by atomic mass is 10.2. The highest BCUT2D eigenvalue weighted by Crippen LogP contribution is 2.31. The number of benzene rings is 1. The highest BCUT2D eigenvalue weighted by molar-refractivity contribution is 5.95. The first-order valence-electron chi connectivity index (χ1n) is 7.91. The van der Waals surface area contributed by atoms with Crippen molar-refractivity contribution >= 4 is 11.6 Å². The number of nitrogens with one attached hydrogen (secondary N) is 1. The molecule has 1 fully saturated rings. The first-order chi connectivity index (χ1) is 11.2. The molecule has 0 bridgehead atoms. The van der Waals surface area contributed by atoms with E-state index in [1.807, 2.05) is 12.1 Å². The second-order valence-electron chi connectivity index (χ2n) is 5.65. The Morgan fingerprint density at radius 3 is 2.57 bits per heavy atom. The molecule has 0 radical (unpaired) electrons. The quantitative estimate of drug-likeness (QED) is 0.710. The molecule has 0 aromatic heterocycles. The molecule has 0 aliphatic heterocycles. The van der Waals surface area contributed by atoms with Gasteiger partial charge < -0.3 is 24.4 Å². The van der Waals surface area contributed by atoms with Crippen molar-refractivity contribution in [3.8, 4) is 11.5 Å². The highest BCUT2D eigenvalue weighted by Gasteiger charge is 2.22. The van der Waals surface area contributed by atoms with E-state index >= 15 is 0 Å². The van der Waals surface area contributed by atoms with Crippen LogP contribution >= 0.6 is 0 Å². The Hall–Kier alpha value is -1.79. The van der Waals surface area contributed by atoms with Gasteiger partial charge >= 0.3 is 0 Å². The first-order valence-corrected chi connectivity index (χ1v) is 7.91. The Morgan fingerprint density at radius 2 is 1.96 bits per heavy atom. The van der Waals surface area contributed by atoms with Crippen LogP contribution in [-0.2, 0) is 9.53 Å². The molecule has 1 aromatic rings. The summed E-state index contributed by atoms with van der Waals surface area (Å²) in [5.74, 6) is 2.01. The SMILES string of the molecule is COCCN(C(=O)CNCC1CC1)c1ccc(OC)c(OC)c1. The van der Waals surface area contributed by atoms with Crippen molar-refractivity contribution < 1.29 is 19.0 Å². The molecule has 6 heteroatoms. The van der Waals surface area contributed by atoms with Crippen molar-refractivity contribution in [3.05, 3.63) is 18.2 Å². The number of anilines is 1. The molecular formula is C17H26N2O4. The zero-order chi connectivity index (χ0) is 16.7. The fourth-order valence-electron chi connectivity index (χ4n) is 2.37. The number of ether oxygens (including phenoxy) is 3. The molecular weight excluding hydrogens is 296 g/mol. The summed E-state index contributed by atoms with van der Waals surface area (Å²) in [6.45, 7) is 2.21. The van der Waals surface area contributed by atoms with Crippen LogP contribution in [-0.4, -0.2) is 53.5 Å². The van der Waals surface area contributed by atoms with Crippen LogP contribution in [0.5, 0.6) is 11.5 Å². The maximum absolute atomic E-state index is 12.5. The Bertz CT molecular complexity index is 517. The normalized spacial score (nSPS) is 13.7. The number of methoxy groups -OCH3 is 3. The molecule has 1 amide bonds. The van der Waals surface area contributed by atoms with E-state index in [0.717, 1.165) is 18.2 Å². The van der Waals surface area contributed by atoms with Gasteiger partial charge in [-0.3, -0.25) is 4.79 Å². The van der Waals surface area contributed by atoms with E-state index < -0.39 is 0 Å². The smallest absolute Gasteiger partial charge is 0.241 e. The lowest BCUT2D eigenvalue weighted by molar-refractivity contribution is -0.118. The van der Waals surface area contributed by atoms with Crippen molar-refractivity contribution in [2.75, 3.05) is 52.5 Å². The van der Waals surface area contributed by atoms with Crippen LogP contribution in [0.2, 0.25) is 0 Å². The Balaban J connectivity index is 2.07. The van der Waals surface area contributed by atoms with Gasteiger partial charge in [0.2, 0.25) is 5.91 Å². The third kappa shape index (κ3) is 5.11. The van der Waals surface area contributed by atoms with Crippen molar-refractivity contribution in [2.45, 2.75) is 12.8 Å². The fourth-order valence-corrected chi connectivity index (χ4v) is 2.37. The van der Waals surface area contributed by atoms with Gasteiger partial charge in [0.25, 0.3) is 0 Å².